The number of hydrogen-bond donors (Lipinski definition) is 2. The summed E-state index contributed by atoms with van der Waals surface area (Å²) in [6, 6.07) is 2.19. The number of rotatable bonds is 6. The number of aliphatic hydroxyl groups excluding tert-OH is 1. The third kappa shape index (κ3) is 3.98. The monoisotopic (exact) mass is 334 g/mol. The zero-order chi connectivity index (χ0) is 17.1. The van der Waals surface area contributed by atoms with Crippen molar-refractivity contribution in [3.63, 3.8) is 0 Å². The lowest BCUT2D eigenvalue weighted by molar-refractivity contribution is -0.122. The van der Waals surface area contributed by atoms with E-state index in [0.717, 1.165) is 50.3 Å². The van der Waals surface area contributed by atoms with Crippen LogP contribution in [0.1, 0.15) is 49.9 Å². The highest BCUT2D eigenvalue weighted by Crippen LogP contribution is 2.27. The summed E-state index contributed by atoms with van der Waals surface area (Å²) in [5, 5.41) is 18.0. The second-order valence-electron chi connectivity index (χ2n) is 7.31. The number of aryl methyl sites for hydroxylation is 3. The molecule has 1 aromatic rings. The Morgan fingerprint density at radius 1 is 1.33 bits per heavy atom. The second kappa shape index (κ2) is 7.66. The molecule has 1 amide bonds. The van der Waals surface area contributed by atoms with Crippen LogP contribution in [-0.4, -0.2) is 57.0 Å². The summed E-state index contributed by atoms with van der Waals surface area (Å²) in [7, 11) is 0. The van der Waals surface area contributed by atoms with Gasteiger partial charge in [0, 0.05) is 24.7 Å². The highest BCUT2D eigenvalue weighted by molar-refractivity contribution is 5.76. The summed E-state index contributed by atoms with van der Waals surface area (Å²) in [5.41, 5.74) is 2.14. The molecule has 6 nitrogen and oxygen atoms in total. The first kappa shape index (κ1) is 17.4. The average molecular weight is 334 g/mol. The Hall–Kier alpha value is -1.40. The van der Waals surface area contributed by atoms with Gasteiger partial charge >= 0.3 is 0 Å². The molecule has 1 aromatic heterocycles. The predicted octanol–water partition coefficient (Wildman–Crippen LogP) is 1.38. The summed E-state index contributed by atoms with van der Waals surface area (Å²) < 4.78 is 1.95. The molecule has 1 saturated carbocycles. The minimum Gasteiger partial charge on any atom is -0.389 e. The van der Waals surface area contributed by atoms with Crippen LogP contribution in [0, 0.1) is 13.8 Å². The molecule has 3 rings (SSSR count). The van der Waals surface area contributed by atoms with E-state index in [2.05, 4.69) is 15.3 Å². The molecule has 24 heavy (non-hydrogen) atoms. The van der Waals surface area contributed by atoms with Gasteiger partial charge in [-0.05, 0) is 65.1 Å². The molecule has 0 radical (unpaired) electrons. The maximum Gasteiger partial charge on any atom is 0.220 e. The lowest BCUT2D eigenvalue weighted by Crippen LogP contribution is -2.47. The molecule has 2 N–H and O–H groups in total. The van der Waals surface area contributed by atoms with Crippen molar-refractivity contribution in [2.75, 3.05) is 13.1 Å². The third-order valence-corrected chi connectivity index (χ3v) is 5.41. The Morgan fingerprint density at radius 3 is 2.75 bits per heavy atom. The number of nitrogens with zero attached hydrogens (tertiary/aromatic N) is 3. The van der Waals surface area contributed by atoms with Crippen molar-refractivity contribution in [2.24, 2.45) is 0 Å². The van der Waals surface area contributed by atoms with Gasteiger partial charge in [-0.2, -0.15) is 5.10 Å². The number of hydrogen-bond acceptors (Lipinski definition) is 4. The number of nitrogens with one attached hydrogen (secondary N) is 1. The van der Waals surface area contributed by atoms with Gasteiger partial charge in [0.1, 0.15) is 0 Å². The fourth-order valence-corrected chi connectivity index (χ4v) is 4.16. The normalized spacial score (nSPS) is 27.7. The molecule has 1 saturated heterocycles. The molecule has 2 heterocycles. The van der Waals surface area contributed by atoms with E-state index in [4.69, 9.17) is 0 Å². The highest BCUT2D eigenvalue weighted by Gasteiger charge is 2.39. The molecule has 3 atom stereocenters. The number of amides is 1. The van der Waals surface area contributed by atoms with Gasteiger partial charge in [0.25, 0.3) is 0 Å². The van der Waals surface area contributed by atoms with E-state index in [0.29, 0.717) is 6.42 Å². The van der Waals surface area contributed by atoms with Crippen LogP contribution in [0.3, 0.4) is 0 Å². The first-order chi connectivity index (χ1) is 11.5. The van der Waals surface area contributed by atoms with Crippen LogP contribution in [0.4, 0.5) is 0 Å². The van der Waals surface area contributed by atoms with Crippen molar-refractivity contribution < 1.29 is 9.90 Å². The van der Waals surface area contributed by atoms with Crippen molar-refractivity contribution in [2.45, 2.75) is 77.1 Å². The fourth-order valence-electron chi connectivity index (χ4n) is 4.16. The molecule has 2 fully saturated rings. The van der Waals surface area contributed by atoms with E-state index >= 15 is 0 Å². The Balaban J connectivity index is 1.41. The van der Waals surface area contributed by atoms with Crippen LogP contribution >= 0.6 is 0 Å². The largest absolute Gasteiger partial charge is 0.389 e. The Kier molecular flexibility index (Phi) is 5.56. The second-order valence-corrected chi connectivity index (χ2v) is 7.31. The number of aliphatic hydroxyl groups is 1. The summed E-state index contributed by atoms with van der Waals surface area (Å²) in [6.45, 7) is 6.95. The first-order valence-corrected chi connectivity index (χ1v) is 9.27. The lowest BCUT2D eigenvalue weighted by atomic mass is 10.1. The van der Waals surface area contributed by atoms with Crippen molar-refractivity contribution in [1.29, 1.82) is 0 Å². The number of carbonyl (C=O) groups is 1. The molecule has 0 spiro atoms. The van der Waals surface area contributed by atoms with E-state index in [9.17, 15) is 9.90 Å². The van der Waals surface area contributed by atoms with Crippen molar-refractivity contribution >= 4 is 5.91 Å². The first-order valence-electron chi connectivity index (χ1n) is 9.27. The van der Waals surface area contributed by atoms with Crippen LogP contribution in [0.25, 0.3) is 0 Å². The average Bonchev–Trinajstić information content (AvgIpc) is 3.23. The Morgan fingerprint density at radius 2 is 2.08 bits per heavy atom. The molecule has 1 aliphatic heterocycles. The molecule has 2 aliphatic rings. The summed E-state index contributed by atoms with van der Waals surface area (Å²) in [4.78, 5) is 14.6. The topological polar surface area (TPSA) is 70.4 Å². The van der Waals surface area contributed by atoms with Gasteiger partial charge in [-0.1, -0.05) is 0 Å². The molecule has 1 aliphatic carbocycles. The van der Waals surface area contributed by atoms with Gasteiger partial charge in [0.15, 0.2) is 0 Å². The Labute approximate surface area is 144 Å². The number of likely N-dealkylation sites (tertiary alicyclic amines) is 1. The van der Waals surface area contributed by atoms with Gasteiger partial charge in [0.2, 0.25) is 5.91 Å². The van der Waals surface area contributed by atoms with E-state index in [-0.39, 0.29) is 18.0 Å². The number of aromatic nitrogens is 2. The predicted molar refractivity (Wildman–Crippen MR) is 92.7 cm³/mol. The van der Waals surface area contributed by atoms with Gasteiger partial charge in [-0.25, -0.2) is 0 Å². The third-order valence-electron chi connectivity index (χ3n) is 5.41. The molecule has 0 unspecified atom stereocenters. The number of carbonyl (C=O) groups excluding carboxylic acids is 1. The zero-order valence-electron chi connectivity index (χ0n) is 14.9. The van der Waals surface area contributed by atoms with E-state index in [1.807, 2.05) is 24.6 Å². The summed E-state index contributed by atoms with van der Waals surface area (Å²) in [5.74, 6) is 0.0441. The molecule has 0 bridgehead atoms. The molecule has 6 heteroatoms. The van der Waals surface area contributed by atoms with Crippen LogP contribution < -0.4 is 5.32 Å². The maximum atomic E-state index is 12.2. The fraction of sp³-hybridized carbons (Fsp3) is 0.778. The quantitative estimate of drug-likeness (QED) is 0.825. The molecular formula is C18H30N4O2. The van der Waals surface area contributed by atoms with Crippen LogP contribution in [0.15, 0.2) is 6.07 Å². The van der Waals surface area contributed by atoms with Gasteiger partial charge in [-0.15, -0.1) is 0 Å². The highest BCUT2D eigenvalue weighted by atomic mass is 16.3. The van der Waals surface area contributed by atoms with Gasteiger partial charge in [0.05, 0.1) is 17.8 Å². The standard InChI is InChI=1S/C18H30N4O2/c1-13-12-14(2)22(20-13)11-5-6-17(23)19-15-7-8-16(18(15)24)21-9-3-4-10-21/h12,15-16,18,24H,3-11H2,1-2H3,(H,19,23)/t15-,16-,18-/m1/s1. The molecule has 0 aromatic carbocycles. The minimum atomic E-state index is -0.428. The van der Waals surface area contributed by atoms with Crippen LogP contribution in [0.5, 0.6) is 0 Å². The Bertz CT molecular complexity index is 565. The van der Waals surface area contributed by atoms with E-state index in [1.54, 1.807) is 0 Å². The van der Waals surface area contributed by atoms with E-state index < -0.39 is 6.10 Å². The van der Waals surface area contributed by atoms with Gasteiger partial charge < -0.3 is 10.4 Å². The SMILES string of the molecule is Cc1cc(C)n(CCCC(=O)N[C@@H]2CC[C@@H](N3CCCC3)[C@@H]2O)n1. The van der Waals surface area contributed by atoms with Crippen molar-refractivity contribution in [3.8, 4) is 0 Å². The maximum absolute atomic E-state index is 12.2. The van der Waals surface area contributed by atoms with E-state index in [1.165, 1.54) is 12.8 Å². The molecular weight excluding hydrogens is 304 g/mol. The summed E-state index contributed by atoms with van der Waals surface area (Å²) >= 11 is 0. The molecule has 134 valence electrons. The zero-order valence-corrected chi connectivity index (χ0v) is 14.9. The van der Waals surface area contributed by atoms with Crippen molar-refractivity contribution in [3.05, 3.63) is 17.5 Å². The van der Waals surface area contributed by atoms with Crippen molar-refractivity contribution in [1.82, 2.24) is 20.0 Å². The minimum absolute atomic E-state index is 0.0441. The summed E-state index contributed by atoms with van der Waals surface area (Å²) in [6.07, 6.45) is 5.15. The van der Waals surface area contributed by atoms with Gasteiger partial charge in [-0.3, -0.25) is 14.4 Å². The van der Waals surface area contributed by atoms with Crippen LogP contribution in [0.2, 0.25) is 0 Å². The lowest BCUT2D eigenvalue weighted by Gasteiger charge is -2.28. The van der Waals surface area contributed by atoms with Crippen LogP contribution in [-0.2, 0) is 11.3 Å². The smallest absolute Gasteiger partial charge is 0.220 e.